The molecule has 0 saturated heterocycles. The van der Waals surface area contributed by atoms with Gasteiger partial charge in [-0.2, -0.15) is 4.80 Å². The molecule has 4 aliphatic rings. The van der Waals surface area contributed by atoms with Gasteiger partial charge in [0.2, 0.25) is 0 Å². The summed E-state index contributed by atoms with van der Waals surface area (Å²) >= 11 is 0. The van der Waals surface area contributed by atoms with Crippen LogP contribution in [0.1, 0.15) is 64.7 Å². The van der Waals surface area contributed by atoms with Crippen molar-refractivity contribution in [3.05, 3.63) is 6.33 Å². The van der Waals surface area contributed by atoms with Crippen LogP contribution in [0.15, 0.2) is 6.33 Å². The summed E-state index contributed by atoms with van der Waals surface area (Å²) in [5.74, 6) is 3.99. The predicted octanol–water partition coefficient (Wildman–Crippen LogP) is 2.89. The van der Waals surface area contributed by atoms with E-state index in [4.69, 9.17) is 4.74 Å². The Labute approximate surface area is 178 Å². The lowest BCUT2D eigenvalue weighted by molar-refractivity contribution is -0.137. The zero-order valence-electron chi connectivity index (χ0n) is 18.4. The molecule has 4 aliphatic carbocycles. The summed E-state index contributed by atoms with van der Waals surface area (Å²) in [7, 11) is 1.69. The molecule has 0 spiro atoms. The van der Waals surface area contributed by atoms with Crippen molar-refractivity contribution >= 4 is 5.78 Å². The van der Waals surface area contributed by atoms with Gasteiger partial charge in [-0.1, -0.05) is 6.92 Å². The highest BCUT2D eigenvalue weighted by atomic mass is 16.5. The molecule has 1 aromatic rings. The van der Waals surface area contributed by atoms with Gasteiger partial charge >= 0.3 is 0 Å². The quantitative estimate of drug-likeness (QED) is 0.794. The molecule has 7 heteroatoms. The number of fused-ring (bicyclic) bond motifs is 5. The van der Waals surface area contributed by atoms with Crippen LogP contribution in [0.4, 0.5) is 0 Å². The lowest BCUT2D eigenvalue weighted by atomic mass is 9.49. The van der Waals surface area contributed by atoms with Crippen molar-refractivity contribution in [3.8, 4) is 0 Å². The Morgan fingerprint density at radius 2 is 1.97 bits per heavy atom. The molecule has 0 aliphatic heterocycles. The van der Waals surface area contributed by atoms with Gasteiger partial charge in [-0.15, -0.1) is 10.2 Å². The zero-order chi connectivity index (χ0) is 20.9. The molecule has 0 bridgehead atoms. The standard InChI is InChI=1S/C23H36N4O3/c1-22-9-7-17-16-8-10-23(29,13-30-2)11-15(16)3-4-18(17)19(22)5-6-20(22)21(28)12-27-25-14-24-26-27/h14-20,29H,3-13H2,1-2H3/t15?,16?,17-,18?,19+,20-,22+,23-/m1/s1. The zero-order valence-corrected chi connectivity index (χ0v) is 18.4. The molecule has 5 rings (SSSR count). The van der Waals surface area contributed by atoms with E-state index in [1.165, 1.54) is 36.8 Å². The molecule has 7 nitrogen and oxygen atoms in total. The van der Waals surface area contributed by atoms with Gasteiger partial charge in [0.25, 0.3) is 0 Å². The number of ketones is 1. The minimum Gasteiger partial charge on any atom is -0.387 e. The maximum absolute atomic E-state index is 13.1. The summed E-state index contributed by atoms with van der Waals surface area (Å²) in [6.45, 7) is 3.11. The fourth-order valence-electron chi connectivity index (χ4n) is 8.40. The lowest BCUT2D eigenvalue weighted by Gasteiger charge is -2.57. The number of hydrogen-bond acceptors (Lipinski definition) is 6. The summed E-state index contributed by atoms with van der Waals surface area (Å²) in [6.07, 6.45) is 11.4. The number of carbonyl (C=O) groups is 1. The SMILES string of the molecule is COC[C@@]1(O)CCC2C(CCC3[C@@H]2CC[C@]2(C)[C@@H](C(=O)Cn4ncnn4)CC[C@@H]32)C1. The lowest BCUT2D eigenvalue weighted by Crippen LogP contribution is -2.52. The highest BCUT2D eigenvalue weighted by Crippen LogP contribution is 2.64. The van der Waals surface area contributed by atoms with Gasteiger partial charge in [-0.3, -0.25) is 4.79 Å². The Morgan fingerprint density at radius 3 is 2.73 bits per heavy atom. The summed E-state index contributed by atoms with van der Waals surface area (Å²) < 4.78 is 5.32. The van der Waals surface area contributed by atoms with E-state index in [2.05, 4.69) is 22.3 Å². The van der Waals surface area contributed by atoms with E-state index in [0.717, 1.165) is 49.9 Å². The third kappa shape index (κ3) is 3.32. The van der Waals surface area contributed by atoms with Crippen LogP contribution in [0.2, 0.25) is 0 Å². The number of rotatable bonds is 5. The van der Waals surface area contributed by atoms with E-state index in [-0.39, 0.29) is 23.7 Å². The topological polar surface area (TPSA) is 90.1 Å². The smallest absolute Gasteiger partial charge is 0.162 e. The second-order valence-corrected chi connectivity index (χ2v) is 10.9. The number of nitrogens with zero attached hydrogens (tertiary/aromatic N) is 4. The third-order valence-corrected chi connectivity index (χ3v) is 9.59. The van der Waals surface area contributed by atoms with Crippen molar-refractivity contribution in [1.29, 1.82) is 0 Å². The van der Waals surface area contributed by atoms with E-state index >= 15 is 0 Å². The second kappa shape index (κ2) is 7.66. The number of hydrogen-bond donors (Lipinski definition) is 1. The van der Waals surface area contributed by atoms with Crippen LogP contribution >= 0.6 is 0 Å². The predicted molar refractivity (Wildman–Crippen MR) is 110 cm³/mol. The number of aromatic nitrogens is 4. The molecule has 8 atom stereocenters. The fraction of sp³-hybridized carbons (Fsp3) is 0.913. The first-order chi connectivity index (χ1) is 14.4. The van der Waals surface area contributed by atoms with Gasteiger partial charge in [0.05, 0.1) is 12.2 Å². The highest BCUT2D eigenvalue weighted by Gasteiger charge is 2.59. The molecular formula is C23H36N4O3. The van der Waals surface area contributed by atoms with Gasteiger partial charge in [-0.25, -0.2) is 0 Å². The molecular weight excluding hydrogens is 380 g/mol. The van der Waals surface area contributed by atoms with Crippen molar-refractivity contribution in [2.24, 2.45) is 40.9 Å². The number of ether oxygens (including phenoxy) is 1. The molecule has 30 heavy (non-hydrogen) atoms. The van der Waals surface area contributed by atoms with E-state index < -0.39 is 5.60 Å². The van der Waals surface area contributed by atoms with E-state index in [0.29, 0.717) is 18.4 Å². The number of aliphatic hydroxyl groups is 1. The van der Waals surface area contributed by atoms with Crippen molar-refractivity contribution in [1.82, 2.24) is 20.2 Å². The average Bonchev–Trinajstić information content (AvgIpc) is 3.34. The summed E-state index contributed by atoms with van der Waals surface area (Å²) in [5.41, 5.74) is -0.497. The largest absolute Gasteiger partial charge is 0.387 e. The number of tetrazole rings is 1. The number of carbonyl (C=O) groups excluding carboxylic acids is 1. The fourth-order valence-corrected chi connectivity index (χ4v) is 8.40. The number of Topliss-reactive ketones (excluding diaryl/α,β-unsaturated/α-hetero) is 1. The van der Waals surface area contributed by atoms with E-state index in [1.807, 2.05) is 0 Å². The van der Waals surface area contributed by atoms with Crippen LogP contribution in [0, 0.1) is 40.9 Å². The van der Waals surface area contributed by atoms with Gasteiger partial charge in [0.15, 0.2) is 12.1 Å². The monoisotopic (exact) mass is 416 g/mol. The Morgan fingerprint density at radius 1 is 1.13 bits per heavy atom. The Hall–Kier alpha value is -1.34. The van der Waals surface area contributed by atoms with E-state index in [9.17, 15) is 9.90 Å². The van der Waals surface area contributed by atoms with Gasteiger partial charge < -0.3 is 9.84 Å². The summed E-state index contributed by atoms with van der Waals surface area (Å²) in [4.78, 5) is 14.6. The van der Waals surface area contributed by atoms with Crippen LogP contribution in [-0.2, 0) is 16.1 Å². The maximum Gasteiger partial charge on any atom is 0.162 e. The third-order valence-electron chi connectivity index (χ3n) is 9.59. The highest BCUT2D eigenvalue weighted by molar-refractivity contribution is 5.81. The molecule has 4 fully saturated rings. The van der Waals surface area contributed by atoms with Crippen molar-refractivity contribution in [2.75, 3.05) is 13.7 Å². The maximum atomic E-state index is 13.1. The van der Waals surface area contributed by atoms with Crippen LogP contribution < -0.4 is 0 Å². The second-order valence-electron chi connectivity index (χ2n) is 10.9. The van der Waals surface area contributed by atoms with Crippen molar-refractivity contribution < 1.29 is 14.6 Å². The molecule has 3 unspecified atom stereocenters. The van der Waals surface area contributed by atoms with Crippen LogP contribution in [-0.4, -0.2) is 50.4 Å². The molecule has 1 aromatic heterocycles. The van der Waals surface area contributed by atoms with Crippen molar-refractivity contribution in [3.63, 3.8) is 0 Å². The van der Waals surface area contributed by atoms with E-state index in [1.54, 1.807) is 7.11 Å². The Bertz CT molecular complexity index is 771. The molecule has 1 N–H and O–H groups in total. The molecule has 4 saturated carbocycles. The molecule has 0 radical (unpaired) electrons. The Kier molecular flexibility index (Phi) is 5.25. The summed E-state index contributed by atoms with van der Waals surface area (Å²) in [5, 5.41) is 22.6. The van der Waals surface area contributed by atoms with Crippen LogP contribution in [0.5, 0.6) is 0 Å². The normalized spacial score (nSPS) is 45.4. The molecule has 1 heterocycles. The first kappa shape index (κ1) is 20.6. The minimum absolute atomic E-state index is 0.122. The van der Waals surface area contributed by atoms with Crippen LogP contribution in [0.3, 0.4) is 0 Å². The molecule has 0 amide bonds. The molecule has 166 valence electrons. The van der Waals surface area contributed by atoms with Crippen LogP contribution in [0.25, 0.3) is 0 Å². The minimum atomic E-state index is -0.619. The first-order valence-corrected chi connectivity index (χ1v) is 11.9. The summed E-state index contributed by atoms with van der Waals surface area (Å²) in [6, 6.07) is 0. The average molecular weight is 417 g/mol. The van der Waals surface area contributed by atoms with Gasteiger partial charge in [-0.05, 0) is 98.0 Å². The van der Waals surface area contributed by atoms with Gasteiger partial charge in [0.1, 0.15) is 6.54 Å². The van der Waals surface area contributed by atoms with Crippen molar-refractivity contribution in [2.45, 2.75) is 76.9 Å². The van der Waals surface area contributed by atoms with Gasteiger partial charge in [0, 0.05) is 13.0 Å². The number of methoxy groups -OCH3 is 1. The Balaban J connectivity index is 1.29. The molecule has 0 aromatic carbocycles. The first-order valence-electron chi connectivity index (χ1n) is 11.9.